The van der Waals surface area contributed by atoms with Gasteiger partial charge < -0.3 is 10.4 Å². The quantitative estimate of drug-likeness (QED) is 0.830. The number of hydrogen-bond acceptors (Lipinski definition) is 2. The van der Waals surface area contributed by atoms with Gasteiger partial charge in [0.15, 0.2) is 0 Å². The summed E-state index contributed by atoms with van der Waals surface area (Å²) in [4.78, 5) is 10.9. The molecular weight excluding hydrogens is 214 g/mol. The van der Waals surface area contributed by atoms with Crippen molar-refractivity contribution in [2.75, 3.05) is 5.32 Å². The molecule has 0 fully saturated rings. The molecule has 0 radical (unpaired) electrons. The van der Waals surface area contributed by atoms with E-state index in [2.05, 4.69) is 5.32 Å². The van der Waals surface area contributed by atoms with Crippen LogP contribution in [-0.4, -0.2) is 17.1 Å². The third-order valence-electron chi connectivity index (χ3n) is 2.23. The third kappa shape index (κ3) is 3.13. The fraction of sp³-hybridized carbons (Fsp3) is 0.364. The van der Waals surface area contributed by atoms with Crippen LogP contribution < -0.4 is 5.32 Å². The van der Waals surface area contributed by atoms with Gasteiger partial charge in [-0.05, 0) is 31.5 Å². The number of carbonyl (C=O) groups is 1. The molecule has 15 heavy (non-hydrogen) atoms. The van der Waals surface area contributed by atoms with E-state index in [0.29, 0.717) is 10.7 Å². The number of rotatable bonds is 4. The van der Waals surface area contributed by atoms with E-state index >= 15 is 0 Å². The van der Waals surface area contributed by atoms with Crippen LogP contribution in [-0.2, 0) is 0 Å². The van der Waals surface area contributed by atoms with Crippen LogP contribution in [0.25, 0.3) is 0 Å². The molecule has 82 valence electrons. The molecule has 0 aliphatic heterocycles. The molecule has 0 saturated heterocycles. The second-order valence-electron chi connectivity index (χ2n) is 3.45. The Balaban J connectivity index is 3.02. The van der Waals surface area contributed by atoms with Gasteiger partial charge in [-0.25, -0.2) is 4.79 Å². The standard InChI is InChI=1S/C11H14ClNO2/c1-3-7(2)13-10-6-8(12)4-5-9(10)11(14)15/h4-7,13H,3H2,1-2H3,(H,14,15). The minimum Gasteiger partial charge on any atom is -0.478 e. The maximum Gasteiger partial charge on any atom is 0.337 e. The summed E-state index contributed by atoms with van der Waals surface area (Å²) in [5, 5.41) is 12.6. The van der Waals surface area contributed by atoms with Gasteiger partial charge in [-0.3, -0.25) is 0 Å². The van der Waals surface area contributed by atoms with Gasteiger partial charge in [0.1, 0.15) is 0 Å². The number of nitrogens with one attached hydrogen (secondary N) is 1. The maximum atomic E-state index is 10.9. The average Bonchev–Trinajstić information content (AvgIpc) is 2.17. The summed E-state index contributed by atoms with van der Waals surface area (Å²) >= 11 is 5.82. The zero-order valence-corrected chi connectivity index (χ0v) is 9.51. The van der Waals surface area contributed by atoms with Crippen molar-refractivity contribution in [3.63, 3.8) is 0 Å². The van der Waals surface area contributed by atoms with Crippen LogP contribution in [0.3, 0.4) is 0 Å². The van der Waals surface area contributed by atoms with Gasteiger partial charge in [0.2, 0.25) is 0 Å². The van der Waals surface area contributed by atoms with Gasteiger partial charge in [0, 0.05) is 11.1 Å². The number of hydrogen-bond donors (Lipinski definition) is 2. The van der Waals surface area contributed by atoms with E-state index in [9.17, 15) is 4.79 Å². The lowest BCUT2D eigenvalue weighted by atomic mass is 10.1. The van der Waals surface area contributed by atoms with Crippen LogP contribution in [0.1, 0.15) is 30.6 Å². The first-order valence-corrected chi connectivity index (χ1v) is 5.21. The zero-order valence-electron chi connectivity index (χ0n) is 8.75. The van der Waals surface area contributed by atoms with E-state index in [-0.39, 0.29) is 11.6 Å². The molecule has 0 aromatic heterocycles. The number of benzene rings is 1. The largest absolute Gasteiger partial charge is 0.478 e. The van der Waals surface area contributed by atoms with Crippen molar-refractivity contribution in [2.45, 2.75) is 26.3 Å². The Morgan fingerprint density at radius 2 is 2.27 bits per heavy atom. The van der Waals surface area contributed by atoms with Crippen molar-refractivity contribution in [3.8, 4) is 0 Å². The number of carboxylic acids is 1. The van der Waals surface area contributed by atoms with Gasteiger partial charge in [-0.1, -0.05) is 18.5 Å². The van der Waals surface area contributed by atoms with Crippen molar-refractivity contribution < 1.29 is 9.90 Å². The maximum absolute atomic E-state index is 10.9. The van der Waals surface area contributed by atoms with Crippen molar-refractivity contribution in [1.29, 1.82) is 0 Å². The topological polar surface area (TPSA) is 49.3 Å². The molecule has 1 rings (SSSR count). The lowest BCUT2D eigenvalue weighted by Crippen LogP contribution is -2.16. The lowest BCUT2D eigenvalue weighted by molar-refractivity contribution is 0.0698. The molecule has 1 aromatic carbocycles. The van der Waals surface area contributed by atoms with Gasteiger partial charge in [0.25, 0.3) is 0 Å². The molecule has 1 atom stereocenters. The Kier molecular flexibility index (Phi) is 3.97. The molecule has 0 aliphatic rings. The Morgan fingerprint density at radius 3 is 2.80 bits per heavy atom. The number of halogens is 1. The van der Waals surface area contributed by atoms with E-state index in [4.69, 9.17) is 16.7 Å². The fourth-order valence-corrected chi connectivity index (χ4v) is 1.36. The molecule has 0 amide bonds. The Labute approximate surface area is 94.1 Å². The Bertz CT molecular complexity index is 366. The molecule has 4 heteroatoms. The van der Waals surface area contributed by atoms with Gasteiger partial charge >= 0.3 is 5.97 Å². The molecule has 3 nitrogen and oxygen atoms in total. The van der Waals surface area contributed by atoms with Crippen molar-refractivity contribution >= 4 is 23.3 Å². The van der Waals surface area contributed by atoms with Crippen molar-refractivity contribution in [2.24, 2.45) is 0 Å². The third-order valence-corrected chi connectivity index (χ3v) is 2.46. The van der Waals surface area contributed by atoms with E-state index in [1.807, 2.05) is 13.8 Å². The Morgan fingerprint density at radius 1 is 1.60 bits per heavy atom. The van der Waals surface area contributed by atoms with Crippen LogP contribution in [0.5, 0.6) is 0 Å². The summed E-state index contributed by atoms with van der Waals surface area (Å²) in [6.07, 6.45) is 0.922. The molecule has 0 bridgehead atoms. The van der Waals surface area contributed by atoms with E-state index < -0.39 is 5.97 Å². The molecule has 2 N–H and O–H groups in total. The van der Waals surface area contributed by atoms with Crippen LogP contribution in [0.4, 0.5) is 5.69 Å². The number of aromatic carboxylic acids is 1. The minimum atomic E-state index is -0.947. The first kappa shape index (κ1) is 11.9. The highest BCUT2D eigenvalue weighted by Gasteiger charge is 2.11. The van der Waals surface area contributed by atoms with Gasteiger partial charge in [-0.2, -0.15) is 0 Å². The number of carboxylic acid groups (broad SMARTS) is 1. The highest BCUT2D eigenvalue weighted by Crippen LogP contribution is 2.22. The predicted molar refractivity (Wildman–Crippen MR) is 61.8 cm³/mol. The molecule has 0 heterocycles. The second kappa shape index (κ2) is 5.03. The van der Waals surface area contributed by atoms with Crippen LogP contribution in [0.2, 0.25) is 5.02 Å². The zero-order chi connectivity index (χ0) is 11.4. The average molecular weight is 228 g/mol. The van der Waals surface area contributed by atoms with Crippen LogP contribution >= 0.6 is 11.6 Å². The molecule has 1 unspecified atom stereocenters. The van der Waals surface area contributed by atoms with E-state index in [0.717, 1.165) is 6.42 Å². The molecule has 0 spiro atoms. The lowest BCUT2D eigenvalue weighted by Gasteiger charge is -2.15. The van der Waals surface area contributed by atoms with Crippen molar-refractivity contribution in [3.05, 3.63) is 28.8 Å². The monoisotopic (exact) mass is 227 g/mol. The summed E-state index contributed by atoms with van der Waals surface area (Å²) in [6.45, 7) is 4.02. The Hall–Kier alpha value is -1.22. The van der Waals surface area contributed by atoms with E-state index in [1.54, 1.807) is 12.1 Å². The summed E-state index contributed by atoms with van der Waals surface area (Å²) in [6, 6.07) is 4.95. The first-order chi connectivity index (χ1) is 7.04. The summed E-state index contributed by atoms with van der Waals surface area (Å²) in [7, 11) is 0. The smallest absolute Gasteiger partial charge is 0.337 e. The molecule has 0 aliphatic carbocycles. The van der Waals surface area contributed by atoms with Crippen LogP contribution in [0, 0.1) is 0 Å². The molecule has 1 aromatic rings. The fourth-order valence-electron chi connectivity index (χ4n) is 1.19. The van der Waals surface area contributed by atoms with E-state index in [1.165, 1.54) is 6.07 Å². The highest BCUT2D eigenvalue weighted by molar-refractivity contribution is 6.31. The van der Waals surface area contributed by atoms with Crippen LogP contribution in [0.15, 0.2) is 18.2 Å². The van der Waals surface area contributed by atoms with Gasteiger partial charge in [0.05, 0.1) is 11.3 Å². The normalized spacial score (nSPS) is 12.2. The van der Waals surface area contributed by atoms with Crippen molar-refractivity contribution in [1.82, 2.24) is 0 Å². The molecular formula is C11H14ClNO2. The minimum absolute atomic E-state index is 0.224. The van der Waals surface area contributed by atoms with Gasteiger partial charge in [-0.15, -0.1) is 0 Å². The SMILES string of the molecule is CCC(C)Nc1cc(Cl)ccc1C(=O)O. The predicted octanol–water partition coefficient (Wildman–Crippen LogP) is 3.25. The number of anilines is 1. The second-order valence-corrected chi connectivity index (χ2v) is 3.89. The summed E-state index contributed by atoms with van der Waals surface area (Å²) in [5.74, 6) is -0.947. The highest BCUT2D eigenvalue weighted by atomic mass is 35.5. The first-order valence-electron chi connectivity index (χ1n) is 4.84. The molecule has 0 saturated carbocycles. The summed E-state index contributed by atoms with van der Waals surface area (Å²) in [5.41, 5.74) is 0.823. The summed E-state index contributed by atoms with van der Waals surface area (Å²) < 4.78 is 0.